The molecule has 0 amide bonds. The fourth-order valence-corrected chi connectivity index (χ4v) is 1.60. The van der Waals surface area contributed by atoms with Crippen molar-refractivity contribution < 1.29 is 0 Å². The predicted molar refractivity (Wildman–Crippen MR) is 68.5 cm³/mol. The Morgan fingerprint density at radius 2 is 1.94 bits per heavy atom. The van der Waals surface area contributed by atoms with Crippen LogP contribution in [0.2, 0.25) is 0 Å². The van der Waals surface area contributed by atoms with Crippen LogP contribution >= 0.6 is 0 Å². The first-order valence-electron chi connectivity index (χ1n) is 6.38. The zero-order chi connectivity index (χ0) is 13.1. The van der Waals surface area contributed by atoms with Crippen LogP contribution in [0.15, 0.2) is 0 Å². The van der Waals surface area contributed by atoms with E-state index < -0.39 is 0 Å². The summed E-state index contributed by atoms with van der Waals surface area (Å²) in [5.41, 5.74) is 0.191. The van der Waals surface area contributed by atoms with Gasteiger partial charge in [0.05, 0.1) is 12.6 Å². The number of nitrogens with one attached hydrogen (secondary N) is 1. The monoisotopic (exact) mass is 239 g/mol. The highest BCUT2D eigenvalue weighted by Crippen LogP contribution is 2.28. The second kappa shape index (κ2) is 5.58. The highest BCUT2D eigenvalue weighted by molar-refractivity contribution is 4.90. The van der Waals surface area contributed by atoms with Gasteiger partial charge in [-0.2, -0.15) is 0 Å². The third-order valence-corrected chi connectivity index (χ3v) is 3.58. The maximum absolute atomic E-state index is 4.12. The largest absolute Gasteiger partial charge is 0.308 e. The van der Waals surface area contributed by atoms with E-state index in [0.29, 0.717) is 5.92 Å². The third kappa shape index (κ3) is 3.49. The van der Waals surface area contributed by atoms with E-state index in [2.05, 4.69) is 62.4 Å². The number of hydrogen-bond donors (Lipinski definition) is 1. The molecule has 0 spiro atoms. The molecule has 17 heavy (non-hydrogen) atoms. The van der Waals surface area contributed by atoms with Gasteiger partial charge in [0.1, 0.15) is 0 Å². The van der Waals surface area contributed by atoms with Gasteiger partial charge in [-0.25, -0.2) is 4.68 Å². The lowest BCUT2D eigenvalue weighted by Gasteiger charge is -2.29. The molecule has 0 aliphatic carbocycles. The Labute approximate surface area is 104 Å². The third-order valence-electron chi connectivity index (χ3n) is 3.58. The van der Waals surface area contributed by atoms with Crippen LogP contribution in [0.5, 0.6) is 0 Å². The molecule has 5 heteroatoms. The summed E-state index contributed by atoms with van der Waals surface area (Å²) in [6.45, 7) is 14.9. The summed E-state index contributed by atoms with van der Waals surface area (Å²) in [7, 11) is 0. The van der Waals surface area contributed by atoms with Gasteiger partial charge >= 0.3 is 0 Å². The molecule has 1 aromatic rings. The number of hydrogen-bond acceptors (Lipinski definition) is 4. The second-order valence-electron chi connectivity index (χ2n) is 5.62. The molecule has 1 unspecified atom stereocenters. The quantitative estimate of drug-likeness (QED) is 0.825. The van der Waals surface area contributed by atoms with Crippen LogP contribution in [-0.4, -0.2) is 26.8 Å². The van der Waals surface area contributed by atoms with Gasteiger partial charge in [0.15, 0.2) is 5.82 Å². The molecule has 1 aromatic heterocycles. The molecule has 1 rings (SSSR count). The van der Waals surface area contributed by atoms with Gasteiger partial charge in [0, 0.05) is 0 Å². The molecule has 1 heterocycles. The minimum absolute atomic E-state index is 0.191. The second-order valence-corrected chi connectivity index (χ2v) is 5.62. The molecule has 1 N–H and O–H groups in total. The van der Waals surface area contributed by atoms with Gasteiger partial charge < -0.3 is 5.32 Å². The summed E-state index contributed by atoms with van der Waals surface area (Å²) in [6.07, 6.45) is 0. The average Bonchev–Trinajstić information content (AvgIpc) is 2.65. The molecular formula is C12H25N5. The van der Waals surface area contributed by atoms with Gasteiger partial charge in [-0.05, 0) is 35.2 Å². The number of nitrogens with zero attached hydrogens (tertiary/aromatic N) is 4. The number of aromatic nitrogens is 4. The van der Waals surface area contributed by atoms with E-state index in [-0.39, 0.29) is 11.5 Å². The fourth-order valence-electron chi connectivity index (χ4n) is 1.60. The standard InChI is InChI=1S/C12H25N5/c1-7-13-10(4)11-14-15-16-17(11)8-12(5,6)9(2)3/h9-10,13H,7-8H2,1-6H3. The van der Waals surface area contributed by atoms with Crippen molar-refractivity contribution in [2.75, 3.05) is 6.54 Å². The Bertz CT molecular complexity index is 342. The normalized spacial score (nSPS) is 14.3. The summed E-state index contributed by atoms with van der Waals surface area (Å²) in [5, 5.41) is 15.4. The Kier molecular flexibility index (Phi) is 4.62. The zero-order valence-corrected chi connectivity index (χ0v) is 11.9. The number of rotatable bonds is 6. The van der Waals surface area contributed by atoms with E-state index in [9.17, 15) is 0 Å². The van der Waals surface area contributed by atoms with E-state index >= 15 is 0 Å². The summed E-state index contributed by atoms with van der Waals surface area (Å²) in [6, 6.07) is 0.193. The van der Waals surface area contributed by atoms with Crippen molar-refractivity contribution in [2.45, 2.75) is 54.1 Å². The highest BCUT2D eigenvalue weighted by atomic mass is 15.5. The van der Waals surface area contributed by atoms with Crippen LogP contribution in [0.1, 0.15) is 53.4 Å². The predicted octanol–water partition coefficient (Wildman–Crippen LogP) is 2.03. The van der Waals surface area contributed by atoms with E-state index in [1.54, 1.807) is 0 Å². The van der Waals surface area contributed by atoms with Crippen molar-refractivity contribution >= 4 is 0 Å². The molecule has 0 fully saturated rings. The lowest BCUT2D eigenvalue weighted by atomic mass is 9.81. The Hall–Kier alpha value is -0.970. The Morgan fingerprint density at radius 1 is 1.29 bits per heavy atom. The molecule has 0 aromatic carbocycles. The van der Waals surface area contributed by atoms with E-state index in [1.807, 2.05) is 4.68 Å². The summed E-state index contributed by atoms with van der Waals surface area (Å²) >= 11 is 0. The van der Waals surface area contributed by atoms with Gasteiger partial charge in [0.25, 0.3) is 0 Å². The molecule has 0 radical (unpaired) electrons. The van der Waals surface area contributed by atoms with Crippen LogP contribution < -0.4 is 5.32 Å². The molecule has 0 bridgehead atoms. The van der Waals surface area contributed by atoms with Crippen molar-refractivity contribution in [1.82, 2.24) is 25.5 Å². The molecule has 0 saturated carbocycles. The SMILES string of the molecule is CCNC(C)c1nnnn1CC(C)(C)C(C)C. The minimum atomic E-state index is 0.191. The molecule has 0 saturated heterocycles. The average molecular weight is 239 g/mol. The fraction of sp³-hybridized carbons (Fsp3) is 0.917. The zero-order valence-electron chi connectivity index (χ0n) is 11.9. The molecule has 98 valence electrons. The first-order valence-corrected chi connectivity index (χ1v) is 6.38. The summed E-state index contributed by atoms with van der Waals surface area (Å²) in [4.78, 5) is 0. The molecular weight excluding hydrogens is 214 g/mol. The van der Waals surface area contributed by atoms with Crippen LogP contribution in [0.25, 0.3) is 0 Å². The molecule has 5 nitrogen and oxygen atoms in total. The van der Waals surface area contributed by atoms with Gasteiger partial charge in [-0.3, -0.25) is 0 Å². The number of tetrazole rings is 1. The van der Waals surface area contributed by atoms with Crippen molar-refractivity contribution in [1.29, 1.82) is 0 Å². The first kappa shape index (κ1) is 14.1. The van der Waals surface area contributed by atoms with Crippen LogP contribution in [-0.2, 0) is 6.54 Å². The summed E-state index contributed by atoms with van der Waals surface area (Å²) < 4.78 is 1.92. The molecule has 0 aliphatic heterocycles. The van der Waals surface area contributed by atoms with Crippen molar-refractivity contribution in [2.24, 2.45) is 11.3 Å². The van der Waals surface area contributed by atoms with Crippen LogP contribution in [0, 0.1) is 11.3 Å². The van der Waals surface area contributed by atoms with E-state index in [1.165, 1.54) is 0 Å². The summed E-state index contributed by atoms with van der Waals surface area (Å²) in [5.74, 6) is 1.51. The highest BCUT2D eigenvalue weighted by Gasteiger charge is 2.26. The van der Waals surface area contributed by atoms with Crippen molar-refractivity contribution in [3.8, 4) is 0 Å². The van der Waals surface area contributed by atoms with Crippen LogP contribution in [0.3, 0.4) is 0 Å². The Balaban J connectivity index is 2.82. The maximum atomic E-state index is 4.12. The van der Waals surface area contributed by atoms with Crippen molar-refractivity contribution in [3.63, 3.8) is 0 Å². The van der Waals surface area contributed by atoms with Crippen molar-refractivity contribution in [3.05, 3.63) is 5.82 Å². The maximum Gasteiger partial charge on any atom is 0.167 e. The van der Waals surface area contributed by atoms with E-state index in [4.69, 9.17) is 0 Å². The van der Waals surface area contributed by atoms with Gasteiger partial charge in [0.2, 0.25) is 0 Å². The Morgan fingerprint density at radius 3 is 2.47 bits per heavy atom. The smallest absolute Gasteiger partial charge is 0.167 e. The minimum Gasteiger partial charge on any atom is -0.308 e. The van der Waals surface area contributed by atoms with Gasteiger partial charge in [-0.15, -0.1) is 5.10 Å². The lowest BCUT2D eigenvalue weighted by Crippen LogP contribution is -2.29. The van der Waals surface area contributed by atoms with Gasteiger partial charge in [-0.1, -0.05) is 34.6 Å². The topological polar surface area (TPSA) is 55.6 Å². The van der Waals surface area contributed by atoms with E-state index in [0.717, 1.165) is 18.9 Å². The van der Waals surface area contributed by atoms with Crippen LogP contribution in [0.4, 0.5) is 0 Å². The lowest BCUT2D eigenvalue weighted by molar-refractivity contribution is 0.195. The molecule has 1 atom stereocenters. The molecule has 0 aliphatic rings. The first-order chi connectivity index (χ1) is 7.88.